The van der Waals surface area contributed by atoms with Crippen LogP contribution in [0.5, 0.6) is 0 Å². The number of amides is 2. The Morgan fingerprint density at radius 1 is 1.62 bits per heavy atom. The summed E-state index contributed by atoms with van der Waals surface area (Å²) >= 11 is 4.06. The molecule has 2 amide bonds. The predicted molar refractivity (Wildman–Crippen MR) is 63.3 cm³/mol. The second kappa shape index (κ2) is 5.16. The van der Waals surface area contributed by atoms with E-state index in [1.807, 2.05) is 6.92 Å². The van der Waals surface area contributed by atoms with Gasteiger partial charge in [-0.05, 0) is 6.92 Å². The van der Waals surface area contributed by atoms with E-state index in [1.165, 1.54) is 0 Å². The fourth-order valence-corrected chi connectivity index (χ4v) is 2.67. The monoisotopic (exact) mass is 247 g/mol. The molecule has 1 aliphatic heterocycles. The summed E-state index contributed by atoms with van der Waals surface area (Å²) in [6, 6.07) is -0.168. The van der Waals surface area contributed by atoms with Crippen LogP contribution in [0.15, 0.2) is 0 Å². The van der Waals surface area contributed by atoms with E-state index in [2.05, 4.69) is 12.6 Å². The number of carbonyl (C=O) groups excluding carboxylic acids is 1. The minimum Gasteiger partial charge on any atom is -0.435 e. The van der Waals surface area contributed by atoms with Gasteiger partial charge in [0.25, 0.3) is 0 Å². The summed E-state index contributed by atoms with van der Waals surface area (Å²) < 4.78 is -0.470. The molecule has 3 N–H and O–H groups in total. The molecule has 2 unspecified atom stereocenters. The SMILES string of the molecule is C[C@@H]1CCC[N+]1(C(=O)O)C(=O)C(CN)CS. The van der Waals surface area contributed by atoms with Crippen molar-refractivity contribution in [1.82, 2.24) is 0 Å². The first-order valence-corrected chi connectivity index (χ1v) is 6.10. The van der Waals surface area contributed by atoms with Crippen LogP contribution in [-0.2, 0) is 4.79 Å². The topological polar surface area (TPSA) is 80.4 Å². The number of imide groups is 1. The molecule has 0 aromatic carbocycles. The summed E-state index contributed by atoms with van der Waals surface area (Å²) in [6.07, 6.45) is 0.473. The zero-order chi connectivity index (χ0) is 12.3. The first-order valence-electron chi connectivity index (χ1n) is 5.47. The second-order valence-corrected chi connectivity index (χ2v) is 4.68. The molecule has 5 nitrogen and oxygen atoms in total. The lowest BCUT2D eigenvalue weighted by molar-refractivity contribution is -0.793. The van der Waals surface area contributed by atoms with Gasteiger partial charge in [0.05, 0.1) is 12.5 Å². The zero-order valence-electron chi connectivity index (χ0n) is 9.43. The number of hydrogen-bond acceptors (Lipinski definition) is 4. The number of carboxylic acid groups (broad SMARTS) is 1. The van der Waals surface area contributed by atoms with Gasteiger partial charge >= 0.3 is 12.0 Å². The second-order valence-electron chi connectivity index (χ2n) is 4.32. The van der Waals surface area contributed by atoms with E-state index in [0.29, 0.717) is 12.3 Å². The number of likely N-dealkylation sites (tertiary alicyclic amines) is 1. The lowest BCUT2D eigenvalue weighted by Crippen LogP contribution is -2.61. The highest BCUT2D eigenvalue weighted by molar-refractivity contribution is 7.80. The fraction of sp³-hybridized carbons (Fsp3) is 0.800. The highest BCUT2D eigenvalue weighted by Gasteiger charge is 2.54. The van der Waals surface area contributed by atoms with Crippen molar-refractivity contribution in [3.63, 3.8) is 0 Å². The van der Waals surface area contributed by atoms with Gasteiger partial charge < -0.3 is 10.8 Å². The van der Waals surface area contributed by atoms with Crippen molar-refractivity contribution in [2.75, 3.05) is 18.8 Å². The van der Waals surface area contributed by atoms with E-state index in [1.54, 1.807) is 0 Å². The van der Waals surface area contributed by atoms with Crippen LogP contribution in [0.2, 0.25) is 0 Å². The van der Waals surface area contributed by atoms with E-state index in [0.717, 1.165) is 12.8 Å². The molecule has 1 fully saturated rings. The third-order valence-corrected chi connectivity index (χ3v) is 3.91. The van der Waals surface area contributed by atoms with Crippen LogP contribution in [0.3, 0.4) is 0 Å². The van der Waals surface area contributed by atoms with Crippen molar-refractivity contribution in [2.24, 2.45) is 11.7 Å². The summed E-state index contributed by atoms with van der Waals surface area (Å²) in [4.78, 5) is 23.6. The van der Waals surface area contributed by atoms with E-state index in [-0.39, 0.29) is 18.5 Å². The standard InChI is InChI=1S/C10H18N2O3S/c1-7-3-2-4-12(7,10(14)15)9(13)8(5-11)6-16/h7-8H,2-6,11H2,1H3,(H-,14,15,16)/p+1/t7-,8?,12?/m1/s1. The average molecular weight is 247 g/mol. The third-order valence-electron chi connectivity index (χ3n) is 3.47. The Kier molecular flexibility index (Phi) is 4.35. The quantitative estimate of drug-likeness (QED) is 0.506. The molecule has 0 saturated carbocycles. The smallest absolute Gasteiger partial charge is 0.435 e. The Morgan fingerprint density at radius 3 is 2.56 bits per heavy atom. The molecule has 0 aromatic heterocycles. The number of nitrogens with two attached hydrogens (primary N) is 1. The Balaban J connectivity index is 3.03. The van der Waals surface area contributed by atoms with Gasteiger partial charge in [-0.25, -0.2) is 4.79 Å². The molecule has 1 saturated heterocycles. The van der Waals surface area contributed by atoms with Crippen LogP contribution in [0.1, 0.15) is 19.8 Å². The van der Waals surface area contributed by atoms with Crippen LogP contribution in [0, 0.1) is 5.92 Å². The van der Waals surface area contributed by atoms with Gasteiger partial charge in [0.2, 0.25) is 0 Å². The highest BCUT2D eigenvalue weighted by atomic mass is 32.1. The third kappa shape index (κ3) is 1.97. The van der Waals surface area contributed by atoms with Crippen LogP contribution in [-0.4, -0.2) is 46.5 Å². The van der Waals surface area contributed by atoms with E-state index < -0.39 is 16.5 Å². The van der Waals surface area contributed by atoms with Crippen molar-refractivity contribution in [1.29, 1.82) is 0 Å². The summed E-state index contributed by atoms with van der Waals surface area (Å²) in [6.45, 7) is 2.34. The Labute approximate surface area is 101 Å². The van der Waals surface area contributed by atoms with Crippen LogP contribution >= 0.6 is 12.6 Å². The molecule has 3 atom stereocenters. The van der Waals surface area contributed by atoms with Gasteiger partial charge in [0.1, 0.15) is 6.04 Å². The molecule has 1 rings (SSSR count). The minimum atomic E-state index is -1.06. The van der Waals surface area contributed by atoms with Crippen molar-refractivity contribution in [3.8, 4) is 0 Å². The number of carbonyl (C=O) groups is 2. The van der Waals surface area contributed by atoms with Crippen molar-refractivity contribution in [3.05, 3.63) is 0 Å². The summed E-state index contributed by atoms with van der Waals surface area (Å²) in [5.74, 6) is -0.468. The molecule has 0 radical (unpaired) electrons. The first kappa shape index (κ1) is 13.5. The lowest BCUT2D eigenvalue weighted by atomic mass is 10.1. The molecule has 16 heavy (non-hydrogen) atoms. The largest absolute Gasteiger partial charge is 0.521 e. The number of quaternary nitrogens is 1. The van der Waals surface area contributed by atoms with Crippen LogP contribution in [0.4, 0.5) is 4.79 Å². The summed E-state index contributed by atoms with van der Waals surface area (Å²) in [7, 11) is 0. The highest BCUT2D eigenvalue weighted by Crippen LogP contribution is 2.30. The molecule has 1 heterocycles. The Morgan fingerprint density at radius 2 is 2.25 bits per heavy atom. The molecule has 0 aliphatic carbocycles. The van der Waals surface area contributed by atoms with Crippen LogP contribution in [0.25, 0.3) is 0 Å². The van der Waals surface area contributed by atoms with Crippen LogP contribution < -0.4 is 5.73 Å². The van der Waals surface area contributed by atoms with Gasteiger partial charge in [-0.3, -0.25) is 0 Å². The maximum absolute atomic E-state index is 12.2. The lowest BCUT2D eigenvalue weighted by Gasteiger charge is -2.32. The molecule has 0 aromatic rings. The minimum absolute atomic E-state index is 0.155. The molecule has 6 heteroatoms. The van der Waals surface area contributed by atoms with E-state index >= 15 is 0 Å². The normalized spacial score (nSPS) is 31.3. The number of nitrogens with zero attached hydrogens (tertiary/aromatic N) is 1. The van der Waals surface area contributed by atoms with Gasteiger partial charge in [-0.2, -0.15) is 21.9 Å². The summed E-state index contributed by atoms with van der Waals surface area (Å²) in [5, 5.41) is 9.33. The zero-order valence-corrected chi connectivity index (χ0v) is 10.3. The number of rotatable bonds is 3. The Bertz CT molecular complexity index is 294. The van der Waals surface area contributed by atoms with E-state index in [4.69, 9.17) is 5.73 Å². The number of thiol groups is 1. The van der Waals surface area contributed by atoms with E-state index in [9.17, 15) is 14.7 Å². The van der Waals surface area contributed by atoms with Gasteiger partial charge in [-0.1, -0.05) is 0 Å². The summed E-state index contributed by atoms with van der Waals surface area (Å²) in [5.41, 5.74) is 5.48. The first-order chi connectivity index (χ1) is 7.50. The predicted octanol–water partition coefficient (Wildman–Crippen LogP) is 0.695. The van der Waals surface area contributed by atoms with Crippen molar-refractivity contribution >= 4 is 24.6 Å². The molecule has 92 valence electrons. The van der Waals surface area contributed by atoms with Gasteiger partial charge in [-0.15, -0.1) is 0 Å². The van der Waals surface area contributed by atoms with Crippen molar-refractivity contribution < 1.29 is 19.2 Å². The Hall–Kier alpha value is -0.590. The average Bonchev–Trinajstić information content (AvgIpc) is 2.62. The fourth-order valence-electron chi connectivity index (χ4n) is 2.36. The van der Waals surface area contributed by atoms with Gasteiger partial charge in [0.15, 0.2) is 0 Å². The molecule has 0 spiro atoms. The molecule has 1 aliphatic rings. The molecular formula is C10H19N2O3S+. The maximum atomic E-state index is 12.2. The number of hydrogen-bond donors (Lipinski definition) is 3. The van der Waals surface area contributed by atoms with Crippen molar-refractivity contribution in [2.45, 2.75) is 25.8 Å². The van der Waals surface area contributed by atoms with Gasteiger partial charge in [0, 0.05) is 25.1 Å². The molecular weight excluding hydrogens is 228 g/mol. The molecule has 0 bridgehead atoms. The maximum Gasteiger partial charge on any atom is 0.521 e.